The topological polar surface area (TPSA) is 173 Å². The minimum absolute atomic E-state index is 0.0694. The van der Waals surface area contributed by atoms with E-state index in [-0.39, 0.29) is 61.1 Å². The normalized spacial score (nSPS) is 30.4. The molecule has 10 unspecified atom stereocenters. The minimum Gasteiger partial charge on any atom is -0.668 e. The molecule has 55 heavy (non-hydrogen) atoms. The number of rotatable bonds is 10. The number of phenolic OH excluding ortho intramolecular Hbond substituents is 1. The molecule has 1 aliphatic heterocycles. The standard InChI is InChI=1S/C43H56N3O7S2/c1-2-27-6-3-4-8-38(52-19-18-47)41-28(10-9-27)11-12-29(21-37(41)50)30-13-14-36(49)39(22-30)53-40-23-31(20-33-7-5-16-45-33)34-15-17-46-43(44)35(34)26-55-54-25-32(24-48)42(40)51/h5,7,11-17,22,27-29,31-32,37-38,40-42,47-51H,2-4,6,8,18-21,23-26H2,1H3,(H2,44,46)/q-1. The maximum atomic E-state index is 11.9. The van der Waals surface area contributed by atoms with E-state index in [0.29, 0.717) is 42.5 Å². The van der Waals surface area contributed by atoms with Crippen molar-refractivity contribution in [3.63, 3.8) is 0 Å². The molecule has 0 bridgehead atoms. The molecule has 10 atom stereocenters. The van der Waals surface area contributed by atoms with Gasteiger partial charge in [-0.05, 0) is 73.8 Å². The lowest BCUT2D eigenvalue weighted by Crippen LogP contribution is -2.41. The molecule has 10 nitrogen and oxygen atoms in total. The van der Waals surface area contributed by atoms with Gasteiger partial charge in [-0.3, -0.25) is 0 Å². The van der Waals surface area contributed by atoms with E-state index in [1.165, 1.54) is 0 Å². The molecule has 0 spiro atoms. The van der Waals surface area contributed by atoms with Crippen LogP contribution in [0.4, 0.5) is 5.82 Å². The number of nitrogens with two attached hydrogens (primary N) is 1. The third-order valence-electron chi connectivity index (χ3n) is 11.5. The van der Waals surface area contributed by atoms with Gasteiger partial charge in [-0.25, -0.2) is 4.98 Å². The van der Waals surface area contributed by atoms with Gasteiger partial charge in [0.05, 0.1) is 31.5 Å². The molecule has 0 saturated carbocycles. The number of nitrogens with zero attached hydrogens (tertiary/aromatic N) is 2. The molecule has 3 aliphatic rings. The average molecular weight is 791 g/mol. The average Bonchev–Trinajstić information content (AvgIpc) is 3.64. The molecule has 3 aromatic rings. The Morgan fingerprint density at radius 2 is 1.87 bits per heavy atom. The van der Waals surface area contributed by atoms with E-state index in [9.17, 15) is 25.5 Å². The molecule has 3 heterocycles. The predicted octanol–water partition coefficient (Wildman–Crippen LogP) is 5.97. The van der Waals surface area contributed by atoms with Crippen molar-refractivity contribution in [2.24, 2.45) is 23.7 Å². The molecular formula is C43H56N3O7S2-. The smallest absolute Gasteiger partial charge is 0.161 e. The van der Waals surface area contributed by atoms with Gasteiger partial charge in [0.15, 0.2) is 11.5 Å². The van der Waals surface area contributed by atoms with Gasteiger partial charge in [0.2, 0.25) is 0 Å². The molecule has 6 rings (SSSR count). The molecule has 0 amide bonds. The summed E-state index contributed by atoms with van der Waals surface area (Å²) in [5, 5.41) is 55.2. The number of anilines is 1. The molecule has 0 fully saturated rings. The summed E-state index contributed by atoms with van der Waals surface area (Å²) in [4.78, 5) is 8.94. The highest BCUT2D eigenvalue weighted by Gasteiger charge is 2.38. The Labute approximate surface area is 333 Å². The number of aromatic nitrogens is 2. The van der Waals surface area contributed by atoms with E-state index in [0.717, 1.165) is 54.5 Å². The molecule has 2 aromatic heterocycles. The van der Waals surface area contributed by atoms with Crippen LogP contribution in [0.25, 0.3) is 0 Å². The first-order valence-corrected chi connectivity index (χ1v) is 22.2. The summed E-state index contributed by atoms with van der Waals surface area (Å²) in [7, 11) is 3.18. The number of aliphatic hydroxyl groups excluding tert-OH is 4. The van der Waals surface area contributed by atoms with Crippen LogP contribution in [0.5, 0.6) is 11.5 Å². The number of hydrogen-bond donors (Lipinski definition) is 6. The van der Waals surface area contributed by atoms with Crippen LogP contribution < -0.4 is 15.5 Å². The first-order chi connectivity index (χ1) is 26.8. The first kappa shape index (κ1) is 41.5. The van der Waals surface area contributed by atoms with Gasteiger partial charge in [-0.15, -0.1) is 0 Å². The van der Waals surface area contributed by atoms with E-state index in [2.05, 4.69) is 40.9 Å². The summed E-state index contributed by atoms with van der Waals surface area (Å²) in [6.45, 7) is 2.06. The van der Waals surface area contributed by atoms with E-state index in [4.69, 9.17) is 15.2 Å². The number of hydrogen-bond acceptors (Lipinski definition) is 11. The van der Waals surface area contributed by atoms with Crippen LogP contribution in [-0.4, -0.2) is 80.5 Å². The van der Waals surface area contributed by atoms with Crippen LogP contribution in [0, 0.1) is 35.5 Å². The number of phenols is 1. The van der Waals surface area contributed by atoms with Crippen LogP contribution in [0.1, 0.15) is 86.1 Å². The largest absolute Gasteiger partial charge is 0.668 e. The van der Waals surface area contributed by atoms with Gasteiger partial charge in [0.1, 0.15) is 11.9 Å². The van der Waals surface area contributed by atoms with Gasteiger partial charge in [-0.1, -0.05) is 83.5 Å². The second-order valence-electron chi connectivity index (χ2n) is 15.1. The minimum atomic E-state index is -1.05. The van der Waals surface area contributed by atoms with E-state index in [1.807, 2.05) is 24.3 Å². The van der Waals surface area contributed by atoms with Gasteiger partial charge in [0, 0.05) is 59.5 Å². The molecule has 0 saturated heterocycles. The zero-order chi connectivity index (χ0) is 38.7. The number of pyridine rings is 1. The number of aliphatic hydroxyl groups is 4. The highest BCUT2D eigenvalue weighted by atomic mass is 33.1. The van der Waals surface area contributed by atoms with Crippen molar-refractivity contribution in [2.45, 2.75) is 100 Å². The van der Waals surface area contributed by atoms with Crippen molar-refractivity contribution >= 4 is 27.4 Å². The second-order valence-corrected chi connectivity index (χ2v) is 17.6. The van der Waals surface area contributed by atoms with Crippen LogP contribution in [0.3, 0.4) is 0 Å². The molecular weight excluding hydrogens is 735 g/mol. The summed E-state index contributed by atoms with van der Waals surface area (Å²) in [5.41, 5.74) is 10.1. The van der Waals surface area contributed by atoms with Gasteiger partial charge < -0.3 is 45.7 Å². The summed E-state index contributed by atoms with van der Waals surface area (Å²) in [5.74, 6) is 7.70. The lowest BCUT2D eigenvalue weighted by Gasteiger charge is -2.34. The van der Waals surface area contributed by atoms with E-state index < -0.39 is 24.2 Å². The quantitative estimate of drug-likeness (QED) is 0.0809. The lowest BCUT2D eigenvalue weighted by atomic mass is 9.79. The number of ether oxygens (including phenoxy) is 2. The Morgan fingerprint density at radius 3 is 2.65 bits per heavy atom. The Bertz CT molecular complexity index is 1750. The Morgan fingerprint density at radius 1 is 1.02 bits per heavy atom. The van der Waals surface area contributed by atoms with E-state index in [1.54, 1.807) is 46.1 Å². The molecule has 1 aromatic carbocycles. The molecule has 0 radical (unpaired) electrons. The Kier molecular flexibility index (Phi) is 15.3. The molecule has 12 heteroatoms. The zero-order valence-electron chi connectivity index (χ0n) is 31.6. The summed E-state index contributed by atoms with van der Waals surface area (Å²) in [6.07, 6.45) is 11.0. The zero-order valence-corrected chi connectivity index (χ0v) is 33.2. The maximum Gasteiger partial charge on any atom is 0.161 e. The monoisotopic (exact) mass is 790 g/mol. The summed E-state index contributed by atoms with van der Waals surface area (Å²) >= 11 is 0. The highest BCUT2D eigenvalue weighted by molar-refractivity contribution is 8.76. The summed E-state index contributed by atoms with van der Waals surface area (Å²) < 4.78 is 12.9. The van der Waals surface area contributed by atoms with Gasteiger partial charge >= 0.3 is 0 Å². The third-order valence-corrected chi connectivity index (χ3v) is 13.9. The number of aromatic hydroxyl groups is 1. The number of allylic oxidation sites excluding steroid dienone is 2. The third kappa shape index (κ3) is 10.6. The van der Waals surface area contributed by atoms with Crippen molar-refractivity contribution in [3.05, 3.63) is 83.3 Å². The van der Waals surface area contributed by atoms with Crippen LogP contribution >= 0.6 is 21.6 Å². The SMILES string of the molecule is CCC1C#CC2C=CC(c3ccc(O)c(OC4CC(Cc5ccc[n-]5)c5ccnc(N)c5CSSCC(CO)C4O)c3)CC(O)C2C(OCCO)CCCC1. The number of nitrogen functional groups attached to an aromatic ring is 1. The lowest BCUT2D eigenvalue weighted by molar-refractivity contribution is -0.0602. The fourth-order valence-electron chi connectivity index (χ4n) is 8.36. The van der Waals surface area contributed by atoms with Crippen molar-refractivity contribution in [2.75, 3.05) is 31.3 Å². The van der Waals surface area contributed by atoms with Gasteiger partial charge in [-0.2, -0.15) is 11.9 Å². The predicted molar refractivity (Wildman–Crippen MR) is 219 cm³/mol. The van der Waals surface area contributed by atoms with Crippen molar-refractivity contribution in [1.82, 2.24) is 9.97 Å². The second kappa shape index (κ2) is 20.3. The van der Waals surface area contributed by atoms with E-state index >= 15 is 0 Å². The van der Waals surface area contributed by atoms with Crippen LogP contribution in [-0.2, 0) is 16.9 Å². The fourth-order valence-corrected chi connectivity index (χ4v) is 10.9. The van der Waals surface area contributed by atoms with Crippen LogP contribution in [0.2, 0.25) is 0 Å². The molecule has 298 valence electrons. The Hall–Kier alpha value is -3.15. The fraction of sp³-hybridized carbons (Fsp3) is 0.558. The maximum absolute atomic E-state index is 11.9. The van der Waals surface area contributed by atoms with Crippen LogP contribution in [0.15, 0.2) is 60.9 Å². The first-order valence-electron chi connectivity index (χ1n) is 19.7. The van der Waals surface area contributed by atoms with Gasteiger partial charge in [0.25, 0.3) is 0 Å². The number of benzene rings is 1. The van der Waals surface area contributed by atoms with Crippen molar-refractivity contribution in [1.29, 1.82) is 0 Å². The number of fused-ring (bicyclic) bond motifs is 2. The summed E-state index contributed by atoms with van der Waals surface area (Å²) in [6, 6.07) is 11.1. The molecule has 7 N–H and O–H groups in total. The Balaban J connectivity index is 1.32. The van der Waals surface area contributed by atoms with Crippen molar-refractivity contribution in [3.8, 4) is 23.3 Å². The highest BCUT2D eigenvalue weighted by Crippen LogP contribution is 2.42. The van der Waals surface area contributed by atoms with Crippen molar-refractivity contribution < 1.29 is 35.0 Å². The molecule has 2 aliphatic carbocycles.